The van der Waals surface area contributed by atoms with E-state index in [1.807, 2.05) is 30.3 Å². The predicted molar refractivity (Wildman–Crippen MR) is 109 cm³/mol. The smallest absolute Gasteiger partial charge is 0.266 e. The highest BCUT2D eigenvalue weighted by Crippen LogP contribution is 2.18. The molecule has 5 heteroatoms. The van der Waals surface area contributed by atoms with Crippen LogP contribution in [0, 0.1) is 5.82 Å². The number of fused-ring (bicyclic) bond motifs is 1. The van der Waals surface area contributed by atoms with Crippen molar-refractivity contribution >= 4 is 23.1 Å². The highest BCUT2D eigenvalue weighted by atomic mass is 19.1. The Morgan fingerprint density at radius 1 is 0.929 bits per heavy atom. The van der Waals surface area contributed by atoms with Gasteiger partial charge in [0.1, 0.15) is 17.4 Å². The molecule has 28 heavy (non-hydrogen) atoms. The number of para-hydroxylation sites is 1. The molecule has 0 aliphatic rings. The van der Waals surface area contributed by atoms with Gasteiger partial charge in [-0.1, -0.05) is 30.3 Å². The fraction of sp³-hybridized carbons (Fsp3) is 0.0435. The Morgan fingerprint density at radius 3 is 2.36 bits per heavy atom. The summed E-state index contributed by atoms with van der Waals surface area (Å²) in [6.45, 7) is 0. The molecule has 0 N–H and O–H groups in total. The number of rotatable bonds is 4. The zero-order valence-electron chi connectivity index (χ0n) is 15.2. The van der Waals surface area contributed by atoms with Crippen LogP contribution in [0.25, 0.3) is 28.7 Å². The zero-order chi connectivity index (χ0) is 19.5. The Kier molecular flexibility index (Phi) is 4.72. The van der Waals surface area contributed by atoms with Crippen molar-refractivity contribution in [2.45, 2.75) is 0 Å². The summed E-state index contributed by atoms with van der Waals surface area (Å²) >= 11 is 0. The number of ether oxygens (including phenoxy) is 1. The molecule has 0 atom stereocenters. The fourth-order valence-electron chi connectivity index (χ4n) is 2.99. The minimum Gasteiger partial charge on any atom is -0.497 e. The van der Waals surface area contributed by atoms with Crippen LogP contribution in [0.2, 0.25) is 0 Å². The van der Waals surface area contributed by atoms with Crippen molar-refractivity contribution in [1.82, 2.24) is 9.55 Å². The second-order valence-corrected chi connectivity index (χ2v) is 6.21. The first-order valence-corrected chi connectivity index (χ1v) is 8.75. The van der Waals surface area contributed by atoms with E-state index in [1.54, 1.807) is 54.2 Å². The lowest BCUT2D eigenvalue weighted by molar-refractivity contribution is 0.414. The molecule has 0 saturated carbocycles. The van der Waals surface area contributed by atoms with Crippen LogP contribution in [0.4, 0.5) is 4.39 Å². The third-order valence-electron chi connectivity index (χ3n) is 4.43. The molecule has 0 unspecified atom stereocenters. The monoisotopic (exact) mass is 372 g/mol. The number of methoxy groups -OCH3 is 1. The minimum atomic E-state index is -0.295. The van der Waals surface area contributed by atoms with Gasteiger partial charge in [-0.2, -0.15) is 0 Å². The molecule has 4 rings (SSSR count). The molecular formula is C23H17FN2O2. The topological polar surface area (TPSA) is 44.1 Å². The van der Waals surface area contributed by atoms with E-state index in [9.17, 15) is 9.18 Å². The van der Waals surface area contributed by atoms with E-state index in [0.717, 1.165) is 5.56 Å². The van der Waals surface area contributed by atoms with Gasteiger partial charge in [0.2, 0.25) is 0 Å². The molecule has 0 bridgehead atoms. The zero-order valence-corrected chi connectivity index (χ0v) is 15.2. The van der Waals surface area contributed by atoms with Crippen LogP contribution in [0.1, 0.15) is 11.4 Å². The molecule has 4 aromatic rings. The molecule has 138 valence electrons. The van der Waals surface area contributed by atoms with Gasteiger partial charge in [0.25, 0.3) is 5.56 Å². The van der Waals surface area contributed by atoms with Gasteiger partial charge < -0.3 is 4.74 Å². The van der Waals surface area contributed by atoms with E-state index in [1.165, 1.54) is 12.1 Å². The summed E-state index contributed by atoms with van der Waals surface area (Å²) in [6.07, 6.45) is 3.56. The lowest BCUT2D eigenvalue weighted by Crippen LogP contribution is -2.22. The first-order chi connectivity index (χ1) is 13.7. The van der Waals surface area contributed by atoms with Crippen molar-refractivity contribution in [2.75, 3.05) is 7.11 Å². The molecule has 0 saturated heterocycles. The van der Waals surface area contributed by atoms with E-state index in [-0.39, 0.29) is 11.4 Å². The number of nitrogens with zero attached hydrogens (tertiary/aromatic N) is 2. The molecular weight excluding hydrogens is 355 g/mol. The first kappa shape index (κ1) is 17.7. The van der Waals surface area contributed by atoms with Gasteiger partial charge in [-0.3, -0.25) is 9.36 Å². The molecule has 4 nitrogen and oxygen atoms in total. The molecule has 0 amide bonds. The van der Waals surface area contributed by atoms with Crippen LogP contribution in [0.15, 0.2) is 77.6 Å². The average Bonchev–Trinajstić information content (AvgIpc) is 2.74. The molecule has 3 aromatic carbocycles. The summed E-state index contributed by atoms with van der Waals surface area (Å²) in [4.78, 5) is 17.8. The molecule has 0 radical (unpaired) electrons. The van der Waals surface area contributed by atoms with Gasteiger partial charge in [0.05, 0.1) is 23.7 Å². The van der Waals surface area contributed by atoms with Crippen molar-refractivity contribution in [3.63, 3.8) is 0 Å². The van der Waals surface area contributed by atoms with Crippen LogP contribution in [0.3, 0.4) is 0 Å². The van der Waals surface area contributed by atoms with Gasteiger partial charge in [-0.25, -0.2) is 9.37 Å². The lowest BCUT2D eigenvalue weighted by Gasteiger charge is -2.12. The maximum Gasteiger partial charge on any atom is 0.266 e. The van der Waals surface area contributed by atoms with Crippen molar-refractivity contribution in [1.29, 1.82) is 0 Å². The standard InChI is InChI=1S/C23H17FN2O2/c1-28-19-13-11-18(12-14-19)26-22(15-8-16-6-9-17(24)10-7-16)25-21-5-3-2-4-20(21)23(26)27/h2-15H,1H3. The first-order valence-electron chi connectivity index (χ1n) is 8.75. The molecule has 1 heterocycles. The summed E-state index contributed by atoms with van der Waals surface area (Å²) in [5.41, 5.74) is 1.96. The van der Waals surface area contributed by atoms with Crippen molar-refractivity contribution in [3.8, 4) is 11.4 Å². The molecule has 1 aromatic heterocycles. The van der Waals surface area contributed by atoms with Crippen LogP contribution in [0.5, 0.6) is 5.75 Å². The third kappa shape index (κ3) is 3.42. The molecule has 0 aliphatic heterocycles. The van der Waals surface area contributed by atoms with E-state index in [2.05, 4.69) is 4.98 Å². The molecule has 0 fully saturated rings. The number of hydrogen-bond acceptors (Lipinski definition) is 3. The summed E-state index contributed by atoms with van der Waals surface area (Å²) in [6, 6.07) is 20.6. The van der Waals surface area contributed by atoms with Crippen molar-refractivity contribution < 1.29 is 9.13 Å². The average molecular weight is 372 g/mol. The lowest BCUT2D eigenvalue weighted by atomic mass is 10.2. The highest BCUT2D eigenvalue weighted by molar-refractivity contribution is 5.80. The Hall–Kier alpha value is -3.73. The summed E-state index contributed by atoms with van der Waals surface area (Å²) in [5, 5.41) is 0.539. The van der Waals surface area contributed by atoms with Gasteiger partial charge in [0.15, 0.2) is 0 Å². The summed E-state index contributed by atoms with van der Waals surface area (Å²) in [5.74, 6) is 0.892. The number of hydrogen-bond donors (Lipinski definition) is 0. The highest BCUT2D eigenvalue weighted by Gasteiger charge is 2.11. The molecule has 0 spiro atoms. The maximum atomic E-state index is 13.2. The van der Waals surface area contributed by atoms with E-state index >= 15 is 0 Å². The Labute approximate surface area is 161 Å². The number of aromatic nitrogens is 2. The number of halogens is 1. The van der Waals surface area contributed by atoms with Crippen LogP contribution < -0.4 is 10.3 Å². The quantitative estimate of drug-likeness (QED) is 0.521. The second kappa shape index (κ2) is 7.48. The molecule has 0 aliphatic carbocycles. The van der Waals surface area contributed by atoms with Gasteiger partial charge >= 0.3 is 0 Å². The van der Waals surface area contributed by atoms with E-state index < -0.39 is 0 Å². The van der Waals surface area contributed by atoms with Crippen LogP contribution in [-0.2, 0) is 0 Å². The Morgan fingerprint density at radius 2 is 1.64 bits per heavy atom. The van der Waals surface area contributed by atoms with Crippen molar-refractivity contribution in [2.24, 2.45) is 0 Å². The van der Waals surface area contributed by atoms with Crippen LogP contribution in [-0.4, -0.2) is 16.7 Å². The predicted octanol–water partition coefficient (Wildman–Crippen LogP) is 4.70. The Bertz CT molecular complexity index is 1210. The Balaban J connectivity index is 1.89. The van der Waals surface area contributed by atoms with E-state index in [4.69, 9.17) is 4.74 Å². The minimum absolute atomic E-state index is 0.158. The largest absolute Gasteiger partial charge is 0.497 e. The SMILES string of the molecule is COc1ccc(-n2c(C=Cc3ccc(F)cc3)nc3ccccc3c2=O)cc1. The van der Waals surface area contributed by atoms with E-state index in [0.29, 0.717) is 28.2 Å². The van der Waals surface area contributed by atoms with Crippen LogP contribution >= 0.6 is 0 Å². The third-order valence-corrected chi connectivity index (χ3v) is 4.43. The summed E-state index contributed by atoms with van der Waals surface area (Å²) < 4.78 is 19.9. The second-order valence-electron chi connectivity index (χ2n) is 6.21. The normalized spacial score (nSPS) is 11.2. The van der Waals surface area contributed by atoms with Gasteiger partial charge in [-0.05, 0) is 60.2 Å². The van der Waals surface area contributed by atoms with Crippen molar-refractivity contribution in [3.05, 3.63) is 100 Å². The summed E-state index contributed by atoms with van der Waals surface area (Å²) in [7, 11) is 1.59. The number of benzene rings is 3. The van der Waals surface area contributed by atoms with Gasteiger partial charge in [-0.15, -0.1) is 0 Å². The fourth-order valence-corrected chi connectivity index (χ4v) is 2.99. The maximum absolute atomic E-state index is 13.2. The van der Waals surface area contributed by atoms with Gasteiger partial charge in [0, 0.05) is 0 Å².